The largest absolute Gasteiger partial charge is 0.391 e. The Morgan fingerprint density at radius 1 is 1.36 bits per heavy atom. The van der Waals surface area contributed by atoms with Gasteiger partial charge in [-0.2, -0.15) is 0 Å². The van der Waals surface area contributed by atoms with Crippen LogP contribution in [-0.4, -0.2) is 6.21 Å². The van der Waals surface area contributed by atoms with E-state index in [1.807, 2.05) is 13.8 Å². The Morgan fingerprint density at radius 2 is 2.00 bits per heavy atom. The lowest BCUT2D eigenvalue weighted by atomic mass is 10.2. The Labute approximate surface area is 83.4 Å². The zero-order valence-electron chi connectivity index (χ0n) is 8.40. The Kier molecular flexibility index (Phi) is 4.11. The molecule has 0 bridgehead atoms. The van der Waals surface area contributed by atoms with Crippen LogP contribution >= 0.6 is 0 Å². The van der Waals surface area contributed by atoms with Gasteiger partial charge >= 0.3 is 0 Å². The van der Waals surface area contributed by atoms with E-state index < -0.39 is 0 Å². The van der Waals surface area contributed by atoms with Gasteiger partial charge in [-0.15, -0.1) is 0 Å². The van der Waals surface area contributed by atoms with Crippen LogP contribution in [-0.2, 0) is 11.4 Å². The molecule has 0 radical (unpaired) electrons. The first-order valence-corrected chi connectivity index (χ1v) is 4.58. The molecule has 0 saturated carbocycles. The van der Waals surface area contributed by atoms with Gasteiger partial charge in [0, 0.05) is 6.21 Å². The summed E-state index contributed by atoms with van der Waals surface area (Å²) in [4.78, 5) is 5.02. The summed E-state index contributed by atoms with van der Waals surface area (Å²) in [6.45, 7) is 4.42. The van der Waals surface area contributed by atoms with E-state index in [1.54, 1.807) is 18.3 Å². The standard InChI is InChI=1S/C11H14FNO/c1-9(2)7-13-14-8-10-3-5-11(12)6-4-10/h3-7,9H,8H2,1-2H3. The van der Waals surface area contributed by atoms with Gasteiger partial charge in [0.1, 0.15) is 12.4 Å². The molecule has 0 aromatic heterocycles. The van der Waals surface area contributed by atoms with E-state index in [0.717, 1.165) is 5.56 Å². The van der Waals surface area contributed by atoms with Gasteiger partial charge in [0.05, 0.1) is 0 Å². The normalized spacial score (nSPS) is 11.1. The molecule has 0 aliphatic heterocycles. The quantitative estimate of drug-likeness (QED) is 0.534. The highest BCUT2D eigenvalue weighted by Crippen LogP contribution is 2.04. The number of benzene rings is 1. The highest BCUT2D eigenvalue weighted by Gasteiger charge is 1.93. The van der Waals surface area contributed by atoms with Gasteiger partial charge in [-0.3, -0.25) is 0 Å². The molecule has 0 fully saturated rings. The van der Waals surface area contributed by atoms with Gasteiger partial charge in [0.2, 0.25) is 0 Å². The summed E-state index contributed by atoms with van der Waals surface area (Å²) in [5.41, 5.74) is 0.910. The fourth-order valence-electron chi connectivity index (χ4n) is 0.857. The van der Waals surface area contributed by atoms with Gasteiger partial charge in [-0.1, -0.05) is 31.1 Å². The molecule has 0 N–H and O–H groups in total. The molecule has 76 valence electrons. The highest BCUT2D eigenvalue weighted by atomic mass is 19.1. The van der Waals surface area contributed by atoms with Crippen molar-refractivity contribution in [3.05, 3.63) is 35.6 Å². The fourth-order valence-corrected chi connectivity index (χ4v) is 0.857. The molecule has 0 aliphatic rings. The molecular formula is C11H14FNO. The molecule has 1 rings (SSSR count). The average molecular weight is 195 g/mol. The second-order valence-electron chi connectivity index (χ2n) is 3.40. The van der Waals surface area contributed by atoms with Crippen molar-refractivity contribution >= 4 is 6.21 Å². The summed E-state index contributed by atoms with van der Waals surface area (Å²) in [6.07, 6.45) is 1.73. The second-order valence-corrected chi connectivity index (χ2v) is 3.40. The first-order chi connectivity index (χ1) is 6.68. The van der Waals surface area contributed by atoms with E-state index in [-0.39, 0.29) is 5.82 Å². The Balaban J connectivity index is 2.35. The first-order valence-electron chi connectivity index (χ1n) is 4.58. The molecule has 0 heterocycles. The fraction of sp³-hybridized carbons (Fsp3) is 0.364. The number of halogens is 1. The van der Waals surface area contributed by atoms with Crippen LogP contribution in [0.25, 0.3) is 0 Å². The summed E-state index contributed by atoms with van der Waals surface area (Å²) in [7, 11) is 0. The Hall–Kier alpha value is -1.38. The van der Waals surface area contributed by atoms with Crippen LogP contribution in [0, 0.1) is 11.7 Å². The SMILES string of the molecule is CC(C)C=NOCc1ccc(F)cc1. The molecule has 0 unspecified atom stereocenters. The lowest BCUT2D eigenvalue weighted by Crippen LogP contribution is -1.91. The van der Waals surface area contributed by atoms with Crippen molar-refractivity contribution in [2.24, 2.45) is 11.1 Å². The van der Waals surface area contributed by atoms with Crippen molar-refractivity contribution < 1.29 is 9.23 Å². The molecule has 0 spiro atoms. The number of rotatable bonds is 4. The Bertz CT molecular complexity index is 293. The van der Waals surface area contributed by atoms with Gasteiger partial charge in [-0.25, -0.2) is 4.39 Å². The summed E-state index contributed by atoms with van der Waals surface area (Å²) >= 11 is 0. The van der Waals surface area contributed by atoms with Gasteiger partial charge in [0.25, 0.3) is 0 Å². The lowest BCUT2D eigenvalue weighted by Gasteiger charge is -1.99. The van der Waals surface area contributed by atoms with E-state index >= 15 is 0 Å². The number of oxime groups is 1. The minimum Gasteiger partial charge on any atom is -0.391 e. The van der Waals surface area contributed by atoms with Crippen LogP contribution in [0.2, 0.25) is 0 Å². The lowest BCUT2D eigenvalue weighted by molar-refractivity contribution is 0.131. The summed E-state index contributed by atoms with van der Waals surface area (Å²) in [5.74, 6) is 0.141. The third-order valence-corrected chi connectivity index (χ3v) is 1.58. The third-order valence-electron chi connectivity index (χ3n) is 1.58. The molecule has 0 amide bonds. The van der Waals surface area contributed by atoms with Crippen LogP contribution < -0.4 is 0 Å². The van der Waals surface area contributed by atoms with Gasteiger partial charge in [-0.05, 0) is 23.6 Å². The van der Waals surface area contributed by atoms with Crippen molar-refractivity contribution in [1.29, 1.82) is 0 Å². The van der Waals surface area contributed by atoms with E-state index in [1.165, 1.54) is 12.1 Å². The zero-order valence-corrected chi connectivity index (χ0v) is 8.40. The molecule has 1 aromatic carbocycles. The van der Waals surface area contributed by atoms with Crippen LogP contribution in [0.3, 0.4) is 0 Å². The molecule has 14 heavy (non-hydrogen) atoms. The average Bonchev–Trinajstić information content (AvgIpc) is 2.15. The van der Waals surface area contributed by atoms with E-state index in [0.29, 0.717) is 12.5 Å². The molecule has 0 saturated heterocycles. The molecule has 0 atom stereocenters. The van der Waals surface area contributed by atoms with Crippen molar-refractivity contribution in [2.45, 2.75) is 20.5 Å². The minimum absolute atomic E-state index is 0.237. The minimum atomic E-state index is -0.237. The molecule has 2 nitrogen and oxygen atoms in total. The zero-order chi connectivity index (χ0) is 10.4. The van der Waals surface area contributed by atoms with Crippen molar-refractivity contribution in [2.75, 3.05) is 0 Å². The maximum Gasteiger partial charge on any atom is 0.142 e. The van der Waals surface area contributed by atoms with Crippen LogP contribution in [0.5, 0.6) is 0 Å². The number of nitrogens with zero attached hydrogens (tertiary/aromatic N) is 1. The van der Waals surface area contributed by atoms with E-state index in [4.69, 9.17) is 4.84 Å². The topological polar surface area (TPSA) is 21.6 Å². The predicted octanol–water partition coefficient (Wildman–Crippen LogP) is 2.98. The van der Waals surface area contributed by atoms with Crippen molar-refractivity contribution in [1.82, 2.24) is 0 Å². The van der Waals surface area contributed by atoms with Crippen molar-refractivity contribution in [3.63, 3.8) is 0 Å². The molecular weight excluding hydrogens is 181 g/mol. The van der Waals surface area contributed by atoms with Crippen molar-refractivity contribution in [3.8, 4) is 0 Å². The summed E-state index contributed by atoms with van der Waals surface area (Å²) in [5, 5.41) is 3.77. The Morgan fingerprint density at radius 3 is 2.57 bits per heavy atom. The monoisotopic (exact) mass is 195 g/mol. The van der Waals surface area contributed by atoms with Crippen LogP contribution in [0.1, 0.15) is 19.4 Å². The van der Waals surface area contributed by atoms with Gasteiger partial charge < -0.3 is 4.84 Å². The van der Waals surface area contributed by atoms with E-state index in [2.05, 4.69) is 5.16 Å². The molecule has 3 heteroatoms. The maximum atomic E-state index is 12.5. The van der Waals surface area contributed by atoms with Crippen LogP contribution in [0.15, 0.2) is 29.4 Å². The third kappa shape index (κ3) is 4.03. The molecule has 0 aliphatic carbocycles. The van der Waals surface area contributed by atoms with E-state index in [9.17, 15) is 4.39 Å². The summed E-state index contributed by atoms with van der Waals surface area (Å²) in [6, 6.07) is 6.18. The molecule has 1 aromatic rings. The predicted molar refractivity (Wildman–Crippen MR) is 54.5 cm³/mol. The first kappa shape index (κ1) is 10.7. The number of hydrogen-bond acceptors (Lipinski definition) is 2. The highest BCUT2D eigenvalue weighted by molar-refractivity contribution is 5.58. The number of hydrogen-bond donors (Lipinski definition) is 0. The summed E-state index contributed by atoms with van der Waals surface area (Å²) < 4.78 is 12.5. The van der Waals surface area contributed by atoms with Crippen LogP contribution in [0.4, 0.5) is 4.39 Å². The van der Waals surface area contributed by atoms with Gasteiger partial charge in [0.15, 0.2) is 0 Å². The maximum absolute atomic E-state index is 12.5. The second kappa shape index (κ2) is 5.37. The smallest absolute Gasteiger partial charge is 0.142 e.